The summed E-state index contributed by atoms with van der Waals surface area (Å²) in [5.74, 6) is -0.263. The van der Waals surface area contributed by atoms with E-state index in [1.165, 1.54) is 4.90 Å². The fourth-order valence-electron chi connectivity index (χ4n) is 6.45. The molecule has 5 rings (SSSR count). The highest BCUT2D eigenvalue weighted by Crippen LogP contribution is 2.42. The lowest BCUT2D eigenvalue weighted by Crippen LogP contribution is -2.31. The number of aliphatic hydroxyl groups excluding tert-OH is 2. The number of hydrogen-bond acceptors (Lipinski definition) is 24. The summed E-state index contributed by atoms with van der Waals surface area (Å²) in [6, 6.07) is 13.4. The lowest BCUT2D eigenvalue weighted by atomic mass is 10.2. The Labute approximate surface area is 392 Å². The standard InChI is InChI=1S/C39H42N14O10S4/c1-5-51(6-2)23-9-11-27(47-49-35-25(19-40)33(66(58,59)60)31(21-56)64-35)29(17-23)42-37-44-38(46-39(45-37)53(13-15-54)14-16-55)43-30-18-24(52(7-3)8-4)10-12-28(30)48-50-36-26(20-41)34(67(61,62)63)32(22-57)65-36/h9-12,17-18,21-22,54-55H,5-8,13-16H2,1-4H3,(H,58,59,60)(H,61,62,63)(H2,42,43,44,45,46). The molecule has 3 aromatic heterocycles. The summed E-state index contributed by atoms with van der Waals surface area (Å²) >= 11 is 1.06. The average Bonchev–Trinajstić information content (AvgIpc) is 3.87. The van der Waals surface area contributed by atoms with Crippen molar-refractivity contribution < 1.29 is 45.7 Å². The van der Waals surface area contributed by atoms with Gasteiger partial charge in [-0.05, 0) is 64.1 Å². The van der Waals surface area contributed by atoms with E-state index in [4.69, 9.17) is 0 Å². The maximum Gasteiger partial charge on any atom is 0.297 e. The Balaban J connectivity index is 1.69. The molecule has 0 atom stereocenters. The third-order valence-electron chi connectivity index (χ3n) is 9.55. The van der Waals surface area contributed by atoms with Crippen LogP contribution in [0.2, 0.25) is 0 Å². The molecule has 352 valence electrons. The molecule has 0 saturated carbocycles. The predicted molar refractivity (Wildman–Crippen MR) is 250 cm³/mol. The number of carbonyl (C=O) groups excluding carboxylic acids is 2. The highest BCUT2D eigenvalue weighted by Gasteiger charge is 2.29. The first-order valence-corrected chi connectivity index (χ1v) is 24.4. The number of nitrogens with one attached hydrogen (secondary N) is 2. The van der Waals surface area contributed by atoms with Crippen LogP contribution in [0.15, 0.2) is 66.6 Å². The van der Waals surface area contributed by atoms with Gasteiger partial charge in [0.05, 0.1) is 34.3 Å². The van der Waals surface area contributed by atoms with E-state index in [1.54, 1.807) is 48.5 Å². The number of aldehydes is 2. The van der Waals surface area contributed by atoms with Crippen LogP contribution in [0.1, 0.15) is 58.2 Å². The smallest absolute Gasteiger partial charge is 0.297 e. The Hall–Kier alpha value is -6.89. The number of nitrogens with zero attached hydrogens (tertiary/aromatic N) is 12. The van der Waals surface area contributed by atoms with Crippen LogP contribution in [0.25, 0.3) is 0 Å². The lowest BCUT2D eigenvalue weighted by Gasteiger charge is -2.24. The quantitative estimate of drug-likeness (QED) is 0.0226. The number of anilines is 7. The van der Waals surface area contributed by atoms with Crippen molar-refractivity contribution in [3.8, 4) is 12.1 Å². The number of carbonyl (C=O) groups is 2. The molecular formula is C39H42N14O10S4. The van der Waals surface area contributed by atoms with Crippen LogP contribution in [0.4, 0.5) is 62.0 Å². The minimum absolute atomic E-state index is 0.0238. The van der Waals surface area contributed by atoms with Gasteiger partial charge in [-0.3, -0.25) is 18.7 Å². The van der Waals surface area contributed by atoms with Gasteiger partial charge in [-0.15, -0.1) is 43.1 Å². The summed E-state index contributed by atoms with van der Waals surface area (Å²) < 4.78 is 68.0. The van der Waals surface area contributed by atoms with Crippen LogP contribution >= 0.6 is 22.7 Å². The minimum atomic E-state index is -5.00. The maximum atomic E-state index is 12.1. The summed E-state index contributed by atoms with van der Waals surface area (Å²) in [5, 5.41) is 62.0. The molecule has 2 aromatic carbocycles. The van der Waals surface area contributed by atoms with E-state index in [-0.39, 0.29) is 89.5 Å². The number of aliphatic hydroxyl groups is 2. The Morgan fingerprint density at radius 2 is 1.03 bits per heavy atom. The maximum absolute atomic E-state index is 12.1. The van der Waals surface area contributed by atoms with Crippen molar-refractivity contribution in [3.05, 3.63) is 57.3 Å². The van der Waals surface area contributed by atoms with Crippen molar-refractivity contribution >= 4 is 117 Å². The topological polar surface area (TPSA) is 353 Å². The molecule has 24 nitrogen and oxygen atoms in total. The molecule has 0 saturated heterocycles. The van der Waals surface area contributed by atoms with Gasteiger partial charge in [-0.25, -0.2) is 0 Å². The monoisotopic (exact) mass is 994 g/mol. The summed E-state index contributed by atoms with van der Waals surface area (Å²) in [4.78, 5) is 40.1. The fraction of sp³-hybridized carbons (Fsp3) is 0.308. The van der Waals surface area contributed by atoms with Crippen LogP contribution in [0, 0.1) is 22.7 Å². The van der Waals surface area contributed by atoms with Gasteiger partial charge >= 0.3 is 0 Å². The third kappa shape index (κ3) is 11.9. The number of aromatic nitrogens is 3. The zero-order chi connectivity index (χ0) is 49.1. The Kier molecular flexibility index (Phi) is 17.2. The third-order valence-corrected chi connectivity index (χ3v) is 13.7. The van der Waals surface area contributed by atoms with Crippen LogP contribution in [-0.2, 0) is 20.2 Å². The van der Waals surface area contributed by atoms with Gasteiger partial charge < -0.3 is 35.5 Å². The first-order chi connectivity index (χ1) is 32.0. The molecule has 0 radical (unpaired) electrons. The fourth-order valence-corrected chi connectivity index (χ4v) is 10.4. The van der Waals surface area contributed by atoms with Crippen LogP contribution in [0.3, 0.4) is 0 Å². The van der Waals surface area contributed by atoms with Crippen LogP contribution < -0.4 is 25.3 Å². The number of benzene rings is 2. The molecule has 0 fully saturated rings. The van der Waals surface area contributed by atoms with Crippen molar-refractivity contribution in [2.75, 3.05) is 77.8 Å². The second kappa shape index (κ2) is 22.5. The molecule has 0 aliphatic carbocycles. The Bertz CT molecular complexity index is 2810. The van der Waals surface area contributed by atoms with Gasteiger partial charge in [-0.1, -0.05) is 0 Å². The lowest BCUT2D eigenvalue weighted by molar-refractivity contribution is 0.111. The predicted octanol–water partition coefficient (Wildman–Crippen LogP) is 6.66. The number of nitriles is 2. The van der Waals surface area contributed by atoms with Crippen molar-refractivity contribution in [1.29, 1.82) is 10.5 Å². The van der Waals surface area contributed by atoms with E-state index < -0.39 is 50.9 Å². The molecule has 3 heterocycles. The molecule has 0 bridgehead atoms. The van der Waals surface area contributed by atoms with Gasteiger partial charge in [0.2, 0.25) is 17.8 Å². The molecule has 67 heavy (non-hydrogen) atoms. The normalized spacial score (nSPS) is 11.7. The van der Waals surface area contributed by atoms with Gasteiger partial charge in [0.1, 0.15) is 44.4 Å². The molecule has 0 unspecified atom stereocenters. The summed E-state index contributed by atoms with van der Waals surface area (Å²) in [6.45, 7) is 9.41. The second-order valence-electron chi connectivity index (χ2n) is 13.5. The minimum Gasteiger partial charge on any atom is -0.395 e. The van der Waals surface area contributed by atoms with E-state index in [1.807, 2.05) is 37.5 Å². The first kappa shape index (κ1) is 51.1. The van der Waals surface area contributed by atoms with Crippen LogP contribution in [-0.4, -0.2) is 116 Å². The summed E-state index contributed by atoms with van der Waals surface area (Å²) in [6.07, 6.45) is 0.347. The van der Waals surface area contributed by atoms with E-state index in [2.05, 4.69) is 46.0 Å². The summed E-state index contributed by atoms with van der Waals surface area (Å²) in [7, 11) is -9.99. The number of thiophene rings is 2. The zero-order valence-electron chi connectivity index (χ0n) is 36.0. The van der Waals surface area contributed by atoms with Crippen LogP contribution in [0.5, 0.6) is 0 Å². The van der Waals surface area contributed by atoms with Gasteiger partial charge in [0.15, 0.2) is 22.6 Å². The molecule has 5 aromatic rings. The van der Waals surface area contributed by atoms with Crippen molar-refractivity contribution in [2.24, 2.45) is 20.5 Å². The largest absolute Gasteiger partial charge is 0.395 e. The van der Waals surface area contributed by atoms with E-state index in [9.17, 15) is 56.3 Å². The van der Waals surface area contributed by atoms with Crippen molar-refractivity contribution in [2.45, 2.75) is 37.5 Å². The molecule has 0 aliphatic rings. The van der Waals surface area contributed by atoms with E-state index >= 15 is 0 Å². The molecule has 0 spiro atoms. The number of hydrogen-bond donors (Lipinski definition) is 6. The molecule has 6 N–H and O–H groups in total. The number of rotatable bonds is 23. The highest BCUT2D eigenvalue weighted by molar-refractivity contribution is 7.86. The van der Waals surface area contributed by atoms with Gasteiger partial charge in [-0.2, -0.15) is 42.3 Å². The molecule has 0 amide bonds. The molecule has 0 aliphatic heterocycles. The number of azo groups is 2. The highest BCUT2D eigenvalue weighted by atomic mass is 32.2. The Morgan fingerprint density at radius 1 is 0.642 bits per heavy atom. The SMILES string of the molecule is CCN(CC)c1ccc(N=Nc2sc(C=O)c(S(=O)(=O)O)c2C#N)c(Nc2nc(Nc3cc(N(CC)CC)ccc3N=Nc3sc(C=O)c(S(=O)(=O)O)c3C#N)nc(N(CCO)CCO)n2)c1. The van der Waals surface area contributed by atoms with E-state index in [0.717, 1.165) is 0 Å². The first-order valence-electron chi connectivity index (χ1n) is 19.9. The molecule has 28 heteroatoms. The van der Waals surface area contributed by atoms with Gasteiger partial charge in [0, 0.05) is 50.6 Å². The summed E-state index contributed by atoms with van der Waals surface area (Å²) in [5.41, 5.74) is 0.941. The van der Waals surface area contributed by atoms with Crippen molar-refractivity contribution in [3.63, 3.8) is 0 Å². The average molecular weight is 995 g/mol. The zero-order valence-corrected chi connectivity index (χ0v) is 39.3. The van der Waals surface area contributed by atoms with Gasteiger partial charge in [0.25, 0.3) is 20.2 Å². The second-order valence-corrected chi connectivity index (χ2v) is 18.3. The van der Waals surface area contributed by atoms with E-state index in [0.29, 0.717) is 60.2 Å². The molecular weight excluding hydrogens is 953 g/mol. The Morgan fingerprint density at radius 3 is 1.34 bits per heavy atom. The van der Waals surface area contributed by atoms with Crippen molar-refractivity contribution in [1.82, 2.24) is 15.0 Å².